The molecule has 1 heterocycles. The van der Waals surface area contributed by atoms with Crippen LogP contribution in [0.3, 0.4) is 0 Å². The Morgan fingerprint density at radius 1 is 1.29 bits per heavy atom. The van der Waals surface area contributed by atoms with Gasteiger partial charge in [0.05, 0.1) is 11.7 Å². The van der Waals surface area contributed by atoms with Crippen molar-refractivity contribution in [1.82, 2.24) is 20.1 Å². The fraction of sp³-hybridized carbons (Fsp3) is 0.588. The van der Waals surface area contributed by atoms with Crippen molar-refractivity contribution in [3.8, 4) is 0 Å². The number of hydrogen-bond donors (Lipinski definition) is 1. The van der Waals surface area contributed by atoms with Gasteiger partial charge >= 0.3 is 12.1 Å². The van der Waals surface area contributed by atoms with E-state index in [4.69, 9.17) is 4.74 Å². The summed E-state index contributed by atoms with van der Waals surface area (Å²) < 4.78 is 5.26. The van der Waals surface area contributed by atoms with Gasteiger partial charge in [-0.3, -0.25) is 4.98 Å². The Morgan fingerprint density at radius 2 is 1.96 bits per heavy atom. The predicted octanol–water partition coefficient (Wildman–Crippen LogP) is 2.65. The van der Waals surface area contributed by atoms with Crippen LogP contribution in [0.1, 0.15) is 39.4 Å². The van der Waals surface area contributed by atoms with Crippen molar-refractivity contribution in [3.05, 3.63) is 30.1 Å². The lowest BCUT2D eigenvalue weighted by atomic mass is 10.2. The van der Waals surface area contributed by atoms with Crippen LogP contribution in [0.25, 0.3) is 0 Å². The zero-order chi connectivity index (χ0) is 18.3. The number of hydrogen-bond acceptors (Lipinski definition) is 4. The van der Waals surface area contributed by atoms with Crippen molar-refractivity contribution in [2.24, 2.45) is 0 Å². The molecule has 0 aliphatic rings. The molecule has 1 atom stereocenters. The van der Waals surface area contributed by atoms with E-state index in [9.17, 15) is 9.59 Å². The van der Waals surface area contributed by atoms with Crippen molar-refractivity contribution in [3.63, 3.8) is 0 Å². The molecule has 0 bridgehead atoms. The van der Waals surface area contributed by atoms with Crippen LogP contribution in [0.4, 0.5) is 9.59 Å². The van der Waals surface area contributed by atoms with E-state index >= 15 is 0 Å². The molecule has 3 amide bonds. The molecule has 0 radical (unpaired) electrons. The summed E-state index contributed by atoms with van der Waals surface area (Å²) in [6, 6.07) is 5.24. The Kier molecular flexibility index (Phi) is 7.00. The fourth-order valence-corrected chi connectivity index (χ4v) is 1.88. The number of pyridine rings is 1. The second-order valence-electron chi connectivity index (χ2n) is 6.68. The minimum atomic E-state index is -0.535. The number of amides is 3. The quantitative estimate of drug-likeness (QED) is 0.897. The van der Waals surface area contributed by atoms with E-state index in [1.165, 1.54) is 4.90 Å². The molecule has 1 aromatic rings. The summed E-state index contributed by atoms with van der Waals surface area (Å²) in [6.07, 6.45) is 1.29. The summed E-state index contributed by atoms with van der Waals surface area (Å²) in [6.45, 7) is 8.06. The number of aromatic nitrogens is 1. The van der Waals surface area contributed by atoms with Gasteiger partial charge in [0, 0.05) is 33.4 Å². The monoisotopic (exact) mass is 336 g/mol. The molecule has 1 rings (SSSR count). The first-order valence-corrected chi connectivity index (χ1v) is 7.97. The van der Waals surface area contributed by atoms with Crippen LogP contribution >= 0.6 is 0 Å². The average Bonchev–Trinajstić information content (AvgIpc) is 2.52. The lowest BCUT2D eigenvalue weighted by Crippen LogP contribution is -2.43. The van der Waals surface area contributed by atoms with E-state index < -0.39 is 11.7 Å². The van der Waals surface area contributed by atoms with E-state index in [1.807, 2.05) is 45.9 Å². The topological polar surface area (TPSA) is 74.8 Å². The van der Waals surface area contributed by atoms with Gasteiger partial charge in [-0.25, -0.2) is 9.59 Å². The Morgan fingerprint density at radius 3 is 2.50 bits per heavy atom. The number of carbonyl (C=O) groups excluding carboxylic acids is 2. The van der Waals surface area contributed by atoms with Crippen LogP contribution in [-0.2, 0) is 4.74 Å². The highest BCUT2D eigenvalue weighted by Crippen LogP contribution is 2.15. The summed E-state index contributed by atoms with van der Waals surface area (Å²) in [4.78, 5) is 31.3. The number of nitrogens with zero attached hydrogens (tertiary/aromatic N) is 3. The molecule has 0 saturated heterocycles. The molecule has 0 saturated carbocycles. The molecule has 0 aromatic carbocycles. The van der Waals surface area contributed by atoms with E-state index in [2.05, 4.69) is 10.3 Å². The summed E-state index contributed by atoms with van der Waals surface area (Å²) in [5.41, 5.74) is 0.286. The number of nitrogens with one attached hydrogen (secondary N) is 1. The average molecular weight is 336 g/mol. The van der Waals surface area contributed by atoms with Crippen molar-refractivity contribution >= 4 is 12.1 Å². The van der Waals surface area contributed by atoms with Crippen LogP contribution in [0.15, 0.2) is 24.4 Å². The largest absolute Gasteiger partial charge is 0.444 e. The smallest absolute Gasteiger partial charge is 0.410 e. The van der Waals surface area contributed by atoms with Crippen molar-refractivity contribution in [1.29, 1.82) is 0 Å². The van der Waals surface area contributed by atoms with Crippen LogP contribution in [0, 0.1) is 0 Å². The molecule has 7 heteroatoms. The van der Waals surface area contributed by atoms with Crippen LogP contribution in [-0.4, -0.2) is 59.7 Å². The number of carbonyl (C=O) groups is 2. The highest BCUT2D eigenvalue weighted by molar-refractivity contribution is 5.74. The Balaban J connectivity index is 2.41. The van der Waals surface area contributed by atoms with Crippen molar-refractivity contribution in [2.45, 2.75) is 39.3 Å². The molecule has 134 valence electrons. The molecular formula is C17H28N4O3. The van der Waals surface area contributed by atoms with Gasteiger partial charge in [0.1, 0.15) is 5.60 Å². The minimum absolute atomic E-state index is 0.144. The normalized spacial score (nSPS) is 12.2. The molecule has 1 aromatic heterocycles. The Bertz CT molecular complexity index is 543. The lowest BCUT2D eigenvalue weighted by Gasteiger charge is -2.26. The van der Waals surface area contributed by atoms with Gasteiger partial charge in [-0.2, -0.15) is 0 Å². The van der Waals surface area contributed by atoms with Gasteiger partial charge in [0.2, 0.25) is 0 Å². The Hall–Kier alpha value is -2.31. The van der Waals surface area contributed by atoms with Gasteiger partial charge in [-0.15, -0.1) is 0 Å². The summed E-state index contributed by atoms with van der Waals surface area (Å²) in [5.74, 6) is 0. The molecule has 0 unspecified atom stereocenters. The second kappa shape index (κ2) is 8.52. The third-order valence-electron chi connectivity index (χ3n) is 3.45. The third-order valence-corrected chi connectivity index (χ3v) is 3.45. The first-order valence-electron chi connectivity index (χ1n) is 7.97. The molecule has 0 fully saturated rings. The van der Waals surface area contributed by atoms with Gasteiger partial charge in [0.15, 0.2) is 0 Å². The van der Waals surface area contributed by atoms with Crippen LogP contribution in [0.5, 0.6) is 0 Å². The van der Waals surface area contributed by atoms with Crippen LogP contribution in [0.2, 0.25) is 0 Å². The molecule has 0 aliphatic heterocycles. The Labute approximate surface area is 144 Å². The molecule has 1 N–H and O–H groups in total. The standard InChI is InChI=1S/C17H28N4O3/c1-13(14-9-7-8-10-18-14)21(6)15(22)19-11-12-20(5)16(23)24-17(2,3)4/h7-10,13H,11-12H2,1-6H3,(H,19,22)/t13-/m1/s1. The first-order chi connectivity index (χ1) is 11.1. The maximum Gasteiger partial charge on any atom is 0.410 e. The molecular weight excluding hydrogens is 308 g/mol. The van der Waals surface area contributed by atoms with Gasteiger partial charge < -0.3 is 19.9 Å². The van der Waals surface area contributed by atoms with Crippen LogP contribution < -0.4 is 5.32 Å². The molecule has 24 heavy (non-hydrogen) atoms. The van der Waals surface area contributed by atoms with E-state index in [-0.39, 0.29) is 12.1 Å². The van der Waals surface area contributed by atoms with E-state index in [0.29, 0.717) is 13.1 Å². The van der Waals surface area contributed by atoms with Crippen molar-refractivity contribution < 1.29 is 14.3 Å². The number of ether oxygens (including phenoxy) is 1. The summed E-state index contributed by atoms with van der Waals surface area (Å²) in [5, 5.41) is 2.79. The number of likely N-dealkylation sites (N-methyl/N-ethyl adjacent to an activating group) is 1. The first kappa shape index (κ1) is 19.7. The van der Waals surface area contributed by atoms with Gasteiger partial charge in [0.25, 0.3) is 0 Å². The third kappa shape index (κ3) is 6.44. The van der Waals surface area contributed by atoms with Crippen molar-refractivity contribution in [2.75, 3.05) is 27.2 Å². The zero-order valence-corrected chi connectivity index (χ0v) is 15.4. The van der Waals surface area contributed by atoms with E-state index in [0.717, 1.165) is 5.69 Å². The highest BCUT2D eigenvalue weighted by Gasteiger charge is 2.20. The number of rotatable bonds is 5. The molecule has 7 nitrogen and oxygen atoms in total. The minimum Gasteiger partial charge on any atom is -0.444 e. The highest BCUT2D eigenvalue weighted by atomic mass is 16.6. The fourth-order valence-electron chi connectivity index (χ4n) is 1.88. The number of urea groups is 1. The summed E-state index contributed by atoms with van der Waals surface area (Å²) in [7, 11) is 3.35. The van der Waals surface area contributed by atoms with Gasteiger partial charge in [-0.05, 0) is 39.8 Å². The maximum absolute atomic E-state index is 12.2. The lowest BCUT2D eigenvalue weighted by molar-refractivity contribution is 0.0300. The zero-order valence-electron chi connectivity index (χ0n) is 15.4. The summed E-state index contributed by atoms with van der Waals surface area (Å²) >= 11 is 0. The maximum atomic E-state index is 12.2. The second-order valence-corrected chi connectivity index (χ2v) is 6.68. The molecule has 0 spiro atoms. The predicted molar refractivity (Wildman–Crippen MR) is 92.7 cm³/mol. The van der Waals surface area contributed by atoms with E-state index in [1.54, 1.807) is 25.2 Å². The molecule has 0 aliphatic carbocycles. The van der Waals surface area contributed by atoms with Gasteiger partial charge in [-0.1, -0.05) is 6.07 Å². The SMILES string of the molecule is C[C@H](c1ccccn1)N(C)C(=O)NCCN(C)C(=O)OC(C)(C)C.